The van der Waals surface area contributed by atoms with Gasteiger partial charge in [-0.15, -0.1) is 10.2 Å². The smallest absolute Gasteiger partial charge is 0.242 e. The van der Waals surface area contributed by atoms with Gasteiger partial charge in [-0.3, -0.25) is 0 Å². The maximum Gasteiger partial charge on any atom is 0.242 e. The molecule has 244 valence electrons. The first-order valence-corrected chi connectivity index (χ1v) is 18.0. The SMILES string of the molecule is COc1ccc(CNS(=O)(=O)c2c(S(=O)(=O)C3CNC3)ccc(C3CCOCC3)c2-c2nnn(Cc3ccc(OC)cc3)n2)cc1. The van der Waals surface area contributed by atoms with Crippen LogP contribution < -0.4 is 19.5 Å². The summed E-state index contributed by atoms with van der Waals surface area (Å²) in [5.41, 5.74) is 2.33. The van der Waals surface area contributed by atoms with Gasteiger partial charge in [0.05, 0.1) is 30.9 Å². The lowest BCUT2D eigenvalue weighted by atomic mass is 9.88. The van der Waals surface area contributed by atoms with E-state index in [0.29, 0.717) is 48.7 Å². The van der Waals surface area contributed by atoms with Crippen molar-refractivity contribution in [1.29, 1.82) is 0 Å². The third-order valence-electron chi connectivity index (χ3n) is 8.36. The highest BCUT2D eigenvalue weighted by atomic mass is 32.2. The highest BCUT2D eigenvalue weighted by molar-refractivity contribution is 7.94. The molecule has 2 aliphatic rings. The summed E-state index contributed by atoms with van der Waals surface area (Å²) in [6.45, 7) is 1.63. The van der Waals surface area contributed by atoms with E-state index in [2.05, 4.69) is 25.4 Å². The molecule has 3 heterocycles. The minimum atomic E-state index is -4.45. The molecule has 0 aliphatic carbocycles. The van der Waals surface area contributed by atoms with Crippen LogP contribution in [-0.4, -0.2) is 82.8 Å². The van der Waals surface area contributed by atoms with E-state index in [1.165, 1.54) is 10.9 Å². The van der Waals surface area contributed by atoms with Crippen LogP contribution in [0.15, 0.2) is 70.5 Å². The van der Waals surface area contributed by atoms with E-state index >= 15 is 0 Å². The summed E-state index contributed by atoms with van der Waals surface area (Å²) in [4.78, 5) is 0.725. The van der Waals surface area contributed by atoms with E-state index in [0.717, 1.165) is 5.56 Å². The summed E-state index contributed by atoms with van der Waals surface area (Å²) in [7, 11) is -5.36. The van der Waals surface area contributed by atoms with E-state index in [1.807, 2.05) is 24.3 Å². The normalized spacial score (nSPS) is 16.2. The van der Waals surface area contributed by atoms with E-state index in [-0.39, 0.29) is 53.3 Å². The van der Waals surface area contributed by atoms with Gasteiger partial charge in [-0.05, 0) is 71.0 Å². The average Bonchev–Trinajstić information content (AvgIpc) is 3.51. The summed E-state index contributed by atoms with van der Waals surface area (Å²) in [6.07, 6.45) is 1.26. The minimum absolute atomic E-state index is 0.0311. The van der Waals surface area contributed by atoms with Gasteiger partial charge in [0, 0.05) is 38.4 Å². The van der Waals surface area contributed by atoms with Gasteiger partial charge in [-0.2, -0.15) is 4.80 Å². The lowest BCUT2D eigenvalue weighted by Gasteiger charge is -2.29. The first-order valence-electron chi connectivity index (χ1n) is 14.9. The molecule has 2 fully saturated rings. The number of benzene rings is 3. The lowest BCUT2D eigenvalue weighted by Crippen LogP contribution is -2.51. The van der Waals surface area contributed by atoms with Crippen LogP contribution in [0.3, 0.4) is 0 Å². The number of hydrogen-bond acceptors (Lipinski definition) is 11. The Morgan fingerprint density at radius 3 is 2.11 bits per heavy atom. The standard InChI is InChI=1S/C31H36N6O7S2/c1-42-24-7-3-21(4-8-24)17-33-46(40,41)30-28(45(38,39)26-18-32-19-26)12-11-27(23-13-15-44-16-14-23)29(30)31-34-36-37(35-31)20-22-5-9-25(43-2)10-6-22/h3-12,23,26,32-33H,13-20H2,1-2H3. The Bertz CT molecular complexity index is 1890. The zero-order valence-electron chi connectivity index (χ0n) is 25.5. The molecule has 2 aliphatic heterocycles. The van der Waals surface area contributed by atoms with Crippen LogP contribution in [-0.2, 0) is 37.7 Å². The van der Waals surface area contributed by atoms with Crippen LogP contribution in [0.5, 0.6) is 11.5 Å². The topological polar surface area (TPSA) is 164 Å². The number of nitrogens with one attached hydrogen (secondary N) is 2. The van der Waals surface area contributed by atoms with Crippen molar-refractivity contribution in [2.24, 2.45) is 0 Å². The molecule has 0 bridgehead atoms. The van der Waals surface area contributed by atoms with Crippen LogP contribution in [0.1, 0.15) is 35.4 Å². The second-order valence-electron chi connectivity index (χ2n) is 11.2. The maximum atomic E-state index is 14.4. The summed E-state index contributed by atoms with van der Waals surface area (Å²) in [5, 5.41) is 15.4. The molecule has 0 amide bonds. The van der Waals surface area contributed by atoms with Gasteiger partial charge >= 0.3 is 0 Å². The van der Waals surface area contributed by atoms with Crippen LogP contribution in [0.2, 0.25) is 0 Å². The van der Waals surface area contributed by atoms with Crippen molar-refractivity contribution in [2.75, 3.05) is 40.5 Å². The zero-order valence-corrected chi connectivity index (χ0v) is 27.2. The third-order valence-corrected chi connectivity index (χ3v) is 12.1. The van der Waals surface area contributed by atoms with Crippen molar-refractivity contribution in [1.82, 2.24) is 30.2 Å². The van der Waals surface area contributed by atoms with E-state index < -0.39 is 25.1 Å². The summed E-state index contributed by atoms with van der Waals surface area (Å²) < 4.78 is 75.4. The highest BCUT2D eigenvalue weighted by Crippen LogP contribution is 2.41. The summed E-state index contributed by atoms with van der Waals surface area (Å²) >= 11 is 0. The van der Waals surface area contributed by atoms with Gasteiger partial charge in [0.2, 0.25) is 15.8 Å². The third kappa shape index (κ3) is 6.64. The Kier molecular flexibility index (Phi) is 9.38. The number of nitrogens with zero attached hydrogens (tertiary/aromatic N) is 4. The molecule has 46 heavy (non-hydrogen) atoms. The molecule has 1 aromatic heterocycles. The van der Waals surface area contributed by atoms with Gasteiger partial charge in [0.15, 0.2) is 9.84 Å². The number of sulfonamides is 1. The Hall–Kier alpha value is -3.89. The molecular weight excluding hydrogens is 633 g/mol. The fourth-order valence-corrected chi connectivity index (χ4v) is 9.25. The van der Waals surface area contributed by atoms with Crippen molar-refractivity contribution in [3.05, 3.63) is 77.4 Å². The Balaban J connectivity index is 1.48. The van der Waals surface area contributed by atoms with Gasteiger partial charge in [-0.1, -0.05) is 30.3 Å². The fraction of sp³-hybridized carbons (Fsp3) is 0.387. The molecule has 0 spiro atoms. The highest BCUT2D eigenvalue weighted by Gasteiger charge is 2.40. The van der Waals surface area contributed by atoms with E-state index in [1.54, 1.807) is 44.6 Å². The zero-order chi connectivity index (χ0) is 32.3. The lowest BCUT2D eigenvalue weighted by molar-refractivity contribution is 0.0854. The Morgan fingerprint density at radius 2 is 1.52 bits per heavy atom. The van der Waals surface area contributed by atoms with E-state index in [4.69, 9.17) is 14.2 Å². The van der Waals surface area contributed by atoms with Gasteiger partial charge in [0.25, 0.3) is 0 Å². The second kappa shape index (κ2) is 13.5. The quantitative estimate of drug-likeness (QED) is 0.228. The number of ether oxygens (including phenoxy) is 3. The van der Waals surface area contributed by atoms with Crippen molar-refractivity contribution in [3.8, 4) is 22.9 Å². The molecule has 13 nitrogen and oxygen atoms in total. The molecular formula is C31H36N6O7S2. The molecule has 4 aromatic rings. The molecule has 15 heteroatoms. The monoisotopic (exact) mass is 668 g/mol. The number of methoxy groups -OCH3 is 2. The predicted octanol–water partition coefficient (Wildman–Crippen LogP) is 2.52. The first-order chi connectivity index (χ1) is 22.2. The minimum Gasteiger partial charge on any atom is -0.497 e. The molecule has 0 atom stereocenters. The molecule has 6 rings (SSSR count). The van der Waals surface area contributed by atoms with Crippen molar-refractivity contribution >= 4 is 19.9 Å². The molecule has 0 radical (unpaired) electrons. The molecule has 0 unspecified atom stereocenters. The van der Waals surface area contributed by atoms with Gasteiger partial charge in [0.1, 0.15) is 16.4 Å². The molecule has 2 saturated heterocycles. The molecule has 0 saturated carbocycles. The number of hydrogen-bond donors (Lipinski definition) is 2. The number of tetrazole rings is 1. The maximum absolute atomic E-state index is 14.4. The van der Waals surface area contributed by atoms with Crippen molar-refractivity contribution in [2.45, 2.75) is 46.9 Å². The van der Waals surface area contributed by atoms with Crippen LogP contribution in [0, 0.1) is 0 Å². The van der Waals surface area contributed by atoms with Crippen LogP contribution in [0.4, 0.5) is 0 Å². The summed E-state index contributed by atoms with van der Waals surface area (Å²) in [6, 6.07) is 17.4. The summed E-state index contributed by atoms with van der Waals surface area (Å²) in [5.74, 6) is 1.26. The average molecular weight is 669 g/mol. The van der Waals surface area contributed by atoms with E-state index in [9.17, 15) is 16.8 Å². The van der Waals surface area contributed by atoms with Crippen molar-refractivity contribution < 1.29 is 31.0 Å². The second-order valence-corrected chi connectivity index (χ2v) is 15.1. The predicted molar refractivity (Wildman–Crippen MR) is 169 cm³/mol. The number of aromatic nitrogens is 4. The molecule has 3 aromatic carbocycles. The number of sulfone groups is 1. The molecule has 2 N–H and O–H groups in total. The van der Waals surface area contributed by atoms with Crippen LogP contribution in [0.25, 0.3) is 11.4 Å². The van der Waals surface area contributed by atoms with Gasteiger partial charge in [-0.25, -0.2) is 21.6 Å². The largest absolute Gasteiger partial charge is 0.497 e. The Labute approximate surface area is 268 Å². The first kappa shape index (κ1) is 32.1. The fourth-order valence-electron chi connectivity index (χ4n) is 5.61. The Morgan fingerprint density at radius 1 is 0.891 bits per heavy atom. The van der Waals surface area contributed by atoms with Crippen molar-refractivity contribution in [3.63, 3.8) is 0 Å². The van der Waals surface area contributed by atoms with Gasteiger partial charge < -0.3 is 19.5 Å². The van der Waals surface area contributed by atoms with Crippen LogP contribution >= 0.6 is 0 Å². The number of rotatable bonds is 12.